The molecule has 24 rings (SSSR count). The van der Waals surface area contributed by atoms with Crippen molar-refractivity contribution in [1.82, 2.24) is 18.3 Å². The Morgan fingerprint density at radius 2 is 0.538 bits per heavy atom. The Hall–Kier alpha value is -13.3. The maximum absolute atomic E-state index is 2.44. The van der Waals surface area contributed by atoms with Gasteiger partial charge in [-0.15, -0.1) is 0 Å². The molecule has 4 aliphatic rings. The topological polar surface area (TPSA) is 19.7 Å². The van der Waals surface area contributed by atoms with Crippen LogP contribution in [-0.4, -0.2) is 18.3 Å². The first-order chi connectivity index (χ1) is 51.6. The summed E-state index contributed by atoms with van der Waals surface area (Å²) in [6.07, 6.45) is 4.10. The number of hydrogen-bond acceptors (Lipinski definition) is 0. The second kappa shape index (κ2) is 24.2. The molecule has 0 aliphatic heterocycles. The van der Waals surface area contributed by atoms with Gasteiger partial charge in [0.1, 0.15) is 0 Å². The van der Waals surface area contributed by atoms with E-state index in [0.717, 1.165) is 25.7 Å². The molecule has 488 valence electrons. The van der Waals surface area contributed by atoms with Crippen LogP contribution < -0.4 is 0 Å². The molecule has 4 aromatic heterocycles. The first-order valence-corrected chi connectivity index (χ1v) is 36.4. The number of para-hydroxylation sites is 8. The van der Waals surface area contributed by atoms with Gasteiger partial charge in [0.05, 0.1) is 44.1 Å². The zero-order chi connectivity index (χ0) is 68.3. The predicted octanol–water partition coefficient (Wildman–Crippen LogP) is 25.4. The molecule has 0 N–H and O–H groups in total. The van der Waals surface area contributed by atoms with Crippen LogP contribution >= 0.6 is 0 Å². The van der Waals surface area contributed by atoms with Crippen LogP contribution in [0.5, 0.6) is 0 Å². The highest BCUT2D eigenvalue weighted by Gasteiger charge is 2.28. The number of fused-ring (bicyclic) bond motifs is 26. The molecule has 0 bridgehead atoms. The summed E-state index contributed by atoms with van der Waals surface area (Å²) in [5.41, 5.74) is 37.8. The Morgan fingerprint density at radius 1 is 0.173 bits per heavy atom. The predicted molar refractivity (Wildman–Crippen MR) is 436 cm³/mol. The van der Waals surface area contributed by atoms with Gasteiger partial charge in [-0.25, -0.2) is 0 Å². The number of aromatic nitrogens is 4. The van der Waals surface area contributed by atoms with E-state index in [9.17, 15) is 0 Å². The molecule has 0 unspecified atom stereocenters. The fourth-order valence-corrected chi connectivity index (χ4v) is 18.0. The van der Waals surface area contributed by atoms with Crippen LogP contribution in [0.25, 0.3) is 154 Å². The van der Waals surface area contributed by atoms with Crippen LogP contribution in [0.3, 0.4) is 0 Å². The first kappa shape index (κ1) is 59.6. The minimum absolute atomic E-state index is 1.01. The summed E-state index contributed by atoms with van der Waals surface area (Å²) < 4.78 is 9.63. The third-order valence-corrected chi connectivity index (χ3v) is 22.4. The maximum atomic E-state index is 2.44. The molecule has 0 saturated heterocycles. The van der Waals surface area contributed by atoms with Crippen LogP contribution in [0, 0.1) is 0 Å². The van der Waals surface area contributed by atoms with E-state index in [0.29, 0.717) is 0 Å². The zero-order valence-corrected chi connectivity index (χ0v) is 57.3. The van der Waals surface area contributed by atoms with Gasteiger partial charge in [-0.2, -0.15) is 0 Å². The molecule has 4 aliphatic carbocycles. The lowest BCUT2D eigenvalue weighted by Crippen LogP contribution is -1.96. The Balaban J connectivity index is 0.0000000896. The summed E-state index contributed by atoms with van der Waals surface area (Å²) in [7, 11) is 0. The monoisotopic (exact) mass is 1320 g/mol. The van der Waals surface area contributed by atoms with E-state index >= 15 is 0 Å². The highest BCUT2D eigenvalue weighted by molar-refractivity contribution is 6.18. The molecular formula is C100H68N4. The van der Waals surface area contributed by atoms with Crippen LogP contribution in [0.4, 0.5) is 0 Å². The average molecular weight is 1330 g/mol. The summed E-state index contributed by atoms with van der Waals surface area (Å²) >= 11 is 0. The highest BCUT2D eigenvalue weighted by Crippen LogP contribution is 2.49. The summed E-state index contributed by atoms with van der Waals surface area (Å²) in [5.74, 6) is 0. The van der Waals surface area contributed by atoms with Crippen molar-refractivity contribution in [2.75, 3.05) is 0 Å². The Kier molecular flexibility index (Phi) is 13.9. The molecule has 0 fully saturated rings. The van der Waals surface area contributed by atoms with Gasteiger partial charge in [0.15, 0.2) is 0 Å². The molecule has 0 spiro atoms. The smallest absolute Gasteiger partial charge is 0.0582 e. The van der Waals surface area contributed by atoms with E-state index < -0.39 is 0 Å². The molecule has 0 radical (unpaired) electrons. The van der Waals surface area contributed by atoms with Crippen molar-refractivity contribution in [3.8, 4) is 67.3 Å². The van der Waals surface area contributed by atoms with E-state index in [1.54, 1.807) is 0 Å². The molecule has 16 aromatic carbocycles. The van der Waals surface area contributed by atoms with Crippen LogP contribution in [0.2, 0.25) is 0 Å². The van der Waals surface area contributed by atoms with Gasteiger partial charge in [-0.1, -0.05) is 261 Å². The molecule has 0 amide bonds. The van der Waals surface area contributed by atoms with Crippen molar-refractivity contribution in [2.45, 2.75) is 25.7 Å². The van der Waals surface area contributed by atoms with Gasteiger partial charge in [-0.3, -0.25) is 0 Å². The van der Waals surface area contributed by atoms with E-state index in [1.807, 2.05) is 0 Å². The van der Waals surface area contributed by atoms with E-state index in [-0.39, 0.29) is 0 Å². The Morgan fingerprint density at radius 3 is 1.09 bits per heavy atom. The Labute approximate surface area is 603 Å². The lowest BCUT2D eigenvalue weighted by atomic mass is 9.99. The zero-order valence-electron chi connectivity index (χ0n) is 57.3. The quantitative estimate of drug-likeness (QED) is 0.167. The van der Waals surface area contributed by atoms with Crippen molar-refractivity contribution in [1.29, 1.82) is 0 Å². The number of benzene rings is 16. The Bertz CT molecular complexity index is 6760. The molecule has 0 atom stereocenters. The van der Waals surface area contributed by atoms with Crippen LogP contribution in [0.15, 0.2) is 364 Å². The summed E-state index contributed by atoms with van der Waals surface area (Å²) in [6, 6.07) is 132. The van der Waals surface area contributed by atoms with Crippen molar-refractivity contribution in [3.63, 3.8) is 0 Å². The van der Waals surface area contributed by atoms with E-state index in [1.165, 1.54) is 199 Å². The summed E-state index contributed by atoms with van der Waals surface area (Å²) in [5, 5.41) is 10.7. The van der Waals surface area contributed by atoms with Gasteiger partial charge in [0.2, 0.25) is 0 Å². The van der Waals surface area contributed by atoms with Gasteiger partial charge in [-0.05, 0) is 211 Å². The summed E-state index contributed by atoms with van der Waals surface area (Å²) in [6.45, 7) is 0. The second-order valence-electron chi connectivity index (χ2n) is 28.1. The minimum atomic E-state index is 1.01. The molecule has 104 heavy (non-hydrogen) atoms. The first-order valence-electron chi connectivity index (χ1n) is 36.4. The largest absolute Gasteiger partial charge is 0.309 e. The average Bonchev–Trinajstić information content (AvgIpc) is 1.58. The van der Waals surface area contributed by atoms with Crippen LogP contribution in [-0.2, 0) is 25.7 Å². The van der Waals surface area contributed by atoms with Crippen molar-refractivity contribution in [3.05, 3.63) is 408 Å². The lowest BCUT2D eigenvalue weighted by molar-refractivity contribution is 1.15. The maximum Gasteiger partial charge on any atom is 0.0582 e. The van der Waals surface area contributed by atoms with E-state index in [4.69, 9.17) is 0 Å². The van der Waals surface area contributed by atoms with Gasteiger partial charge in [0, 0.05) is 72.3 Å². The fraction of sp³-hybridized carbons (Fsp3) is 0.0400. The van der Waals surface area contributed by atoms with Crippen LogP contribution in [0.1, 0.15) is 44.5 Å². The van der Waals surface area contributed by atoms with Gasteiger partial charge < -0.3 is 18.3 Å². The van der Waals surface area contributed by atoms with Crippen molar-refractivity contribution in [2.24, 2.45) is 0 Å². The van der Waals surface area contributed by atoms with Crippen molar-refractivity contribution >= 4 is 87.2 Å². The van der Waals surface area contributed by atoms with E-state index in [2.05, 4.69) is 382 Å². The number of hydrogen-bond donors (Lipinski definition) is 0. The number of rotatable bonds is 4. The third-order valence-electron chi connectivity index (χ3n) is 22.4. The molecule has 0 saturated carbocycles. The molecule has 4 heterocycles. The fourth-order valence-electron chi connectivity index (χ4n) is 18.0. The molecule has 20 aromatic rings. The second-order valence-corrected chi connectivity index (χ2v) is 28.1. The molecular weight excluding hydrogens is 1260 g/mol. The van der Waals surface area contributed by atoms with Crippen molar-refractivity contribution < 1.29 is 0 Å². The molecule has 4 heteroatoms. The lowest BCUT2D eigenvalue weighted by Gasteiger charge is -2.10. The standard InChI is InChI=1S/4C25H17N/c1-2-9-19(10-3-1)26-24-13-7-6-12-21(24)23-16-22-18(15-25(23)26)14-17-8-4-5-11-20(17)22;1-2-9-19(10-3-1)26-24-13-7-6-12-21(24)23-15-18-14-17-8-4-5-11-20(17)22(18)16-25(23)26;1-2-9-19(10-3-1)26-22-13-7-6-12-21(22)25-23(26)15-14-18-16-17-8-4-5-11-20(17)24(18)25;1-2-9-18(10-3-1)26-24-13-7-6-12-21(24)22-15-14-20-19-11-5-4-8-17(19)16-23(20)25(22)26/h2*1-13,15-16H,14H2;2*1-15H,16H2. The summed E-state index contributed by atoms with van der Waals surface area (Å²) in [4.78, 5) is 0. The van der Waals surface area contributed by atoms with Gasteiger partial charge in [0.25, 0.3) is 0 Å². The third kappa shape index (κ3) is 9.45. The number of nitrogens with zero attached hydrogens (tertiary/aromatic N) is 4. The SMILES string of the molecule is c1ccc(-n2c3ccccc3c3c4c(ccc32)Cc2ccccc2-4)cc1.c1ccc(-n2c3ccccc3c3cc4c(cc32)-c2ccccc2C4)cc1.c1ccc(-n2c3ccccc3c3cc4c(cc32)Cc2ccccc2-4)cc1.c1ccc(-n2c3ccccc3c3ccc4c(c32)Cc2ccccc2-4)cc1. The van der Waals surface area contributed by atoms with Gasteiger partial charge >= 0.3 is 0 Å². The highest BCUT2D eigenvalue weighted by atomic mass is 15.0. The normalized spacial score (nSPS) is 12.5. The minimum Gasteiger partial charge on any atom is -0.309 e. The molecule has 4 nitrogen and oxygen atoms in total.